The lowest BCUT2D eigenvalue weighted by atomic mass is 9.98. The van der Waals surface area contributed by atoms with Crippen molar-refractivity contribution in [1.29, 1.82) is 0 Å². The average molecular weight is 416 g/mol. The van der Waals surface area contributed by atoms with Crippen molar-refractivity contribution in [2.75, 3.05) is 39.3 Å². The molecule has 1 aromatic heterocycles. The van der Waals surface area contributed by atoms with Crippen LogP contribution in [0, 0.1) is 0 Å². The molecule has 2 unspecified atom stereocenters. The lowest BCUT2D eigenvalue weighted by Gasteiger charge is -2.40. The van der Waals surface area contributed by atoms with Crippen LogP contribution in [0.1, 0.15) is 41.6 Å². The van der Waals surface area contributed by atoms with Gasteiger partial charge >= 0.3 is 0 Å². The Labute approximate surface area is 176 Å². The number of nitrogens with zero attached hydrogens (tertiary/aromatic N) is 5. The molecule has 0 saturated carbocycles. The highest BCUT2D eigenvalue weighted by Crippen LogP contribution is 2.41. The Hall–Kier alpha value is -1.74. The number of hydrogen-bond acceptors (Lipinski definition) is 7. The van der Waals surface area contributed by atoms with E-state index in [1.807, 2.05) is 6.92 Å². The molecule has 3 heterocycles. The number of aliphatic hydroxyl groups excluding tert-OH is 1. The van der Waals surface area contributed by atoms with E-state index in [0.717, 1.165) is 44.8 Å². The lowest BCUT2D eigenvalue weighted by molar-refractivity contribution is 0.0688. The molecule has 2 aromatic rings. The fourth-order valence-electron chi connectivity index (χ4n) is 4.13. The Morgan fingerprint density at radius 2 is 1.86 bits per heavy atom. The maximum atomic E-state index is 13.2. The standard InChI is InChI=1S/C21H29N5O2S/c1-3-15-5-7-16(8-6-15)18(25-11-9-24(10-12-25)13-14-27)19-20(28)26-21(29-19)22-17(4-2)23-26/h5-8,18-19,27H,3-4,9-14H2,1-2H3. The smallest absolute Gasteiger partial charge is 0.264 e. The SMILES string of the molecule is CCc1ccc(C(C2Sc3nc(CC)nn3C2=O)N2CCN(CCO)CC2)cc1. The van der Waals surface area contributed by atoms with Gasteiger partial charge in [-0.2, -0.15) is 4.68 Å². The Bertz CT molecular complexity index is 845. The van der Waals surface area contributed by atoms with E-state index in [1.54, 1.807) is 11.8 Å². The van der Waals surface area contributed by atoms with Crippen LogP contribution >= 0.6 is 11.8 Å². The number of fused-ring (bicyclic) bond motifs is 1. The second-order valence-electron chi connectivity index (χ2n) is 7.59. The van der Waals surface area contributed by atoms with Crippen LogP contribution in [0.2, 0.25) is 0 Å². The summed E-state index contributed by atoms with van der Waals surface area (Å²) in [4.78, 5) is 22.5. The first-order chi connectivity index (χ1) is 14.1. The van der Waals surface area contributed by atoms with Crippen molar-refractivity contribution in [3.8, 4) is 0 Å². The number of carbonyl (C=O) groups is 1. The van der Waals surface area contributed by atoms with Gasteiger partial charge in [-0.1, -0.05) is 49.9 Å². The zero-order valence-corrected chi connectivity index (χ0v) is 17.9. The van der Waals surface area contributed by atoms with Gasteiger partial charge in [0.25, 0.3) is 5.91 Å². The number of carbonyl (C=O) groups excluding carboxylic acids is 1. The van der Waals surface area contributed by atoms with E-state index in [2.05, 4.69) is 51.1 Å². The number of rotatable bonds is 7. The van der Waals surface area contributed by atoms with Crippen molar-refractivity contribution in [2.24, 2.45) is 0 Å². The summed E-state index contributed by atoms with van der Waals surface area (Å²) in [6.07, 6.45) is 1.73. The van der Waals surface area contributed by atoms with E-state index in [9.17, 15) is 9.90 Å². The van der Waals surface area contributed by atoms with Crippen LogP contribution in [-0.4, -0.2) is 80.2 Å². The fourth-order valence-corrected chi connectivity index (χ4v) is 5.40. The molecule has 1 fully saturated rings. The first kappa shape index (κ1) is 20.5. The number of hydrogen-bond donors (Lipinski definition) is 1. The number of aliphatic hydroxyl groups is 1. The second kappa shape index (κ2) is 8.95. The molecule has 0 aliphatic carbocycles. The van der Waals surface area contributed by atoms with Crippen LogP contribution in [0.25, 0.3) is 0 Å². The summed E-state index contributed by atoms with van der Waals surface area (Å²) >= 11 is 1.54. The molecule has 2 atom stereocenters. The largest absolute Gasteiger partial charge is 0.395 e. The zero-order valence-electron chi connectivity index (χ0n) is 17.1. The monoisotopic (exact) mass is 415 g/mol. The van der Waals surface area contributed by atoms with E-state index < -0.39 is 0 Å². The van der Waals surface area contributed by atoms with Gasteiger partial charge in [0.1, 0.15) is 5.25 Å². The predicted octanol–water partition coefficient (Wildman–Crippen LogP) is 1.87. The maximum Gasteiger partial charge on any atom is 0.264 e. The first-order valence-corrected chi connectivity index (χ1v) is 11.4. The maximum absolute atomic E-state index is 13.2. The topological polar surface area (TPSA) is 74.5 Å². The van der Waals surface area contributed by atoms with Gasteiger partial charge in [0.05, 0.1) is 12.6 Å². The van der Waals surface area contributed by atoms with Gasteiger partial charge < -0.3 is 5.11 Å². The summed E-state index contributed by atoms with van der Waals surface area (Å²) in [5.74, 6) is 0.750. The summed E-state index contributed by atoms with van der Waals surface area (Å²) in [7, 11) is 0. The molecule has 0 amide bonds. The summed E-state index contributed by atoms with van der Waals surface area (Å²) in [5.41, 5.74) is 2.47. The molecule has 2 aliphatic rings. The van der Waals surface area contributed by atoms with Crippen molar-refractivity contribution in [1.82, 2.24) is 24.6 Å². The highest BCUT2D eigenvalue weighted by atomic mass is 32.2. The lowest BCUT2D eigenvalue weighted by Crippen LogP contribution is -2.51. The molecule has 0 bridgehead atoms. The molecule has 1 aromatic carbocycles. The first-order valence-electron chi connectivity index (χ1n) is 10.5. The molecule has 4 rings (SSSR count). The van der Waals surface area contributed by atoms with Crippen molar-refractivity contribution < 1.29 is 9.90 Å². The van der Waals surface area contributed by atoms with Crippen LogP contribution in [0.15, 0.2) is 29.4 Å². The minimum absolute atomic E-state index is 0.0109. The van der Waals surface area contributed by atoms with Crippen LogP contribution in [0.4, 0.5) is 0 Å². The van der Waals surface area contributed by atoms with Crippen molar-refractivity contribution >= 4 is 17.7 Å². The molecule has 7 nitrogen and oxygen atoms in total. The van der Waals surface area contributed by atoms with Crippen LogP contribution in [0.3, 0.4) is 0 Å². The Kier molecular flexibility index (Phi) is 6.34. The highest BCUT2D eigenvalue weighted by molar-refractivity contribution is 8.00. The number of aryl methyl sites for hydroxylation is 2. The van der Waals surface area contributed by atoms with E-state index in [4.69, 9.17) is 0 Å². The number of thioether (sulfide) groups is 1. The summed E-state index contributed by atoms with van der Waals surface area (Å²) in [5, 5.41) is 14.1. The number of aromatic nitrogens is 3. The molecule has 8 heteroatoms. The predicted molar refractivity (Wildman–Crippen MR) is 113 cm³/mol. The van der Waals surface area contributed by atoms with Gasteiger partial charge in [0, 0.05) is 39.1 Å². The van der Waals surface area contributed by atoms with Gasteiger partial charge in [0.15, 0.2) is 11.0 Å². The highest BCUT2D eigenvalue weighted by Gasteiger charge is 2.43. The molecule has 0 radical (unpaired) electrons. The van der Waals surface area contributed by atoms with Crippen molar-refractivity contribution in [3.05, 3.63) is 41.2 Å². The third-order valence-corrected chi connectivity index (χ3v) is 7.04. The van der Waals surface area contributed by atoms with Gasteiger partial charge in [-0.3, -0.25) is 14.6 Å². The molecular weight excluding hydrogens is 386 g/mol. The second-order valence-corrected chi connectivity index (χ2v) is 8.70. The summed E-state index contributed by atoms with van der Waals surface area (Å²) < 4.78 is 1.50. The Morgan fingerprint density at radius 3 is 2.45 bits per heavy atom. The van der Waals surface area contributed by atoms with Crippen LogP contribution in [-0.2, 0) is 12.8 Å². The zero-order chi connectivity index (χ0) is 20.4. The van der Waals surface area contributed by atoms with Crippen LogP contribution in [0.5, 0.6) is 0 Å². The molecule has 2 aliphatic heterocycles. The minimum atomic E-state index is -0.243. The van der Waals surface area contributed by atoms with Gasteiger partial charge in [0.2, 0.25) is 0 Å². The number of β-amino-alcohol motifs (C(OH)–C–C–N with tert-alkyl or cyclic N) is 1. The average Bonchev–Trinajstić information content (AvgIpc) is 3.29. The molecule has 1 saturated heterocycles. The van der Waals surface area contributed by atoms with E-state index in [0.29, 0.717) is 11.7 Å². The molecule has 156 valence electrons. The van der Waals surface area contributed by atoms with Gasteiger partial charge in [-0.15, -0.1) is 5.10 Å². The van der Waals surface area contributed by atoms with E-state index in [1.165, 1.54) is 15.8 Å². The van der Waals surface area contributed by atoms with Crippen molar-refractivity contribution in [2.45, 2.75) is 43.1 Å². The summed E-state index contributed by atoms with van der Waals surface area (Å²) in [6, 6.07) is 8.66. The third-order valence-electron chi connectivity index (χ3n) is 5.85. The Morgan fingerprint density at radius 1 is 1.14 bits per heavy atom. The molecular formula is C21H29N5O2S. The third kappa shape index (κ3) is 4.12. The van der Waals surface area contributed by atoms with E-state index in [-0.39, 0.29) is 23.8 Å². The summed E-state index contributed by atoms with van der Waals surface area (Å²) in [6.45, 7) is 8.60. The molecule has 0 spiro atoms. The van der Waals surface area contributed by atoms with E-state index >= 15 is 0 Å². The normalized spacial score (nSPS) is 21.5. The van der Waals surface area contributed by atoms with Gasteiger partial charge in [-0.25, -0.2) is 4.98 Å². The Balaban J connectivity index is 1.60. The van der Waals surface area contributed by atoms with Gasteiger partial charge in [-0.05, 0) is 17.5 Å². The van der Waals surface area contributed by atoms with Crippen LogP contribution < -0.4 is 0 Å². The number of piperazine rings is 1. The minimum Gasteiger partial charge on any atom is -0.395 e. The molecule has 1 N–H and O–H groups in total. The quantitative estimate of drug-likeness (QED) is 0.740. The van der Waals surface area contributed by atoms with Crippen molar-refractivity contribution in [3.63, 3.8) is 0 Å². The molecule has 29 heavy (non-hydrogen) atoms. The number of benzene rings is 1. The fraction of sp³-hybridized carbons (Fsp3) is 0.571.